The van der Waals surface area contributed by atoms with E-state index in [4.69, 9.17) is 15.2 Å². The van der Waals surface area contributed by atoms with Crippen molar-refractivity contribution in [2.45, 2.75) is 44.1 Å². The molecular weight excluding hydrogens is 178 g/mol. The topological polar surface area (TPSA) is 44.5 Å². The van der Waals surface area contributed by atoms with Gasteiger partial charge in [-0.15, -0.1) is 0 Å². The van der Waals surface area contributed by atoms with Crippen LogP contribution in [-0.2, 0) is 9.47 Å². The molecule has 0 radical (unpaired) electrons. The van der Waals surface area contributed by atoms with Crippen LogP contribution in [0.5, 0.6) is 0 Å². The van der Waals surface area contributed by atoms with E-state index in [0.717, 1.165) is 45.5 Å². The fourth-order valence-electron chi connectivity index (χ4n) is 1.95. The Morgan fingerprint density at radius 2 is 1.79 bits per heavy atom. The average Bonchev–Trinajstić information content (AvgIpc) is 2.59. The van der Waals surface area contributed by atoms with Gasteiger partial charge in [0, 0.05) is 25.9 Å². The molecule has 1 aliphatic rings. The SMILES string of the molecule is COCCCCOCC1(N)CCCC1. The van der Waals surface area contributed by atoms with Crippen molar-refractivity contribution in [2.24, 2.45) is 5.73 Å². The number of rotatable bonds is 7. The van der Waals surface area contributed by atoms with Gasteiger partial charge in [0.05, 0.1) is 6.61 Å². The van der Waals surface area contributed by atoms with Crippen LogP contribution in [0.15, 0.2) is 0 Å². The normalized spacial score (nSPS) is 20.1. The fourth-order valence-corrected chi connectivity index (χ4v) is 1.95. The molecule has 0 unspecified atom stereocenters. The average molecular weight is 201 g/mol. The Bertz CT molecular complexity index is 144. The fraction of sp³-hybridized carbons (Fsp3) is 1.00. The highest BCUT2D eigenvalue weighted by molar-refractivity contribution is 4.88. The monoisotopic (exact) mass is 201 g/mol. The van der Waals surface area contributed by atoms with E-state index < -0.39 is 0 Å². The van der Waals surface area contributed by atoms with Crippen LogP contribution in [0, 0.1) is 0 Å². The highest BCUT2D eigenvalue weighted by Gasteiger charge is 2.29. The summed E-state index contributed by atoms with van der Waals surface area (Å²) in [5.41, 5.74) is 6.14. The summed E-state index contributed by atoms with van der Waals surface area (Å²) in [6.45, 7) is 2.39. The number of ether oxygens (including phenoxy) is 2. The first-order valence-electron chi connectivity index (χ1n) is 5.62. The summed E-state index contributed by atoms with van der Waals surface area (Å²) in [7, 11) is 1.73. The van der Waals surface area contributed by atoms with E-state index in [1.165, 1.54) is 12.8 Å². The molecule has 0 heterocycles. The Morgan fingerprint density at radius 3 is 2.43 bits per heavy atom. The Hall–Kier alpha value is -0.120. The molecule has 0 aromatic carbocycles. The zero-order valence-corrected chi connectivity index (χ0v) is 9.26. The van der Waals surface area contributed by atoms with Crippen LogP contribution in [0.4, 0.5) is 0 Å². The van der Waals surface area contributed by atoms with Gasteiger partial charge in [-0.05, 0) is 25.7 Å². The zero-order valence-electron chi connectivity index (χ0n) is 9.26. The van der Waals surface area contributed by atoms with Gasteiger partial charge in [-0.3, -0.25) is 0 Å². The van der Waals surface area contributed by atoms with E-state index >= 15 is 0 Å². The Balaban J connectivity index is 1.92. The van der Waals surface area contributed by atoms with Crippen LogP contribution in [0.2, 0.25) is 0 Å². The third-order valence-corrected chi connectivity index (χ3v) is 2.88. The number of hydrogen-bond acceptors (Lipinski definition) is 3. The molecule has 0 saturated heterocycles. The van der Waals surface area contributed by atoms with Gasteiger partial charge in [0.2, 0.25) is 0 Å². The summed E-state index contributed by atoms with van der Waals surface area (Å²) in [4.78, 5) is 0. The van der Waals surface area contributed by atoms with Crippen molar-refractivity contribution >= 4 is 0 Å². The van der Waals surface area contributed by atoms with E-state index in [9.17, 15) is 0 Å². The summed E-state index contributed by atoms with van der Waals surface area (Å²) in [6.07, 6.45) is 6.95. The maximum Gasteiger partial charge on any atom is 0.0646 e. The first kappa shape index (κ1) is 12.0. The first-order chi connectivity index (χ1) is 6.77. The van der Waals surface area contributed by atoms with Crippen molar-refractivity contribution < 1.29 is 9.47 Å². The van der Waals surface area contributed by atoms with E-state index in [1.807, 2.05) is 0 Å². The standard InChI is InChI=1S/C11H23NO2/c1-13-8-4-5-9-14-10-11(12)6-2-3-7-11/h2-10,12H2,1H3. The number of unbranched alkanes of at least 4 members (excludes halogenated alkanes) is 1. The lowest BCUT2D eigenvalue weighted by molar-refractivity contribution is 0.0791. The highest BCUT2D eigenvalue weighted by Crippen LogP contribution is 2.27. The Labute approximate surface area is 86.9 Å². The van der Waals surface area contributed by atoms with E-state index in [1.54, 1.807) is 7.11 Å². The third kappa shape index (κ3) is 4.40. The molecule has 1 saturated carbocycles. The van der Waals surface area contributed by atoms with E-state index in [-0.39, 0.29) is 5.54 Å². The molecule has 1 aliphatic carbocycles. The Morgan fingerprint density at radius 1 is 1.14 bits per heavy atom. The molecule has 0 aromatic rings. The lowest BCUT2D eigenvalue weighted by Crippen LogP contribution is -2.41. The molecule has 3 heteroatoms. The zero-order chi connectivity index (χ0) is 10.3. The van der Waals surface area contributed by atoms with Gasteiger partial charge in [0.15, 0.2) is 0 Å². The maximum absolute atomic E-state index is 6.15. The van der Waals surface area contributed by atoms with Crippen molar-refractivity contribution in [3.63, 3.8) is 0 Å². The second-order valence-corrected chi connectivity index (χ2v) is 4.32. The molecule has 0 aliphatic heterocycles. The third-order valence-electron chi connectivity index (χ3n) is 2.88. The minimum absolute atomic E-state index is 0.0126. The molecule has 0 aromatic heterocycles. The molecular formula is C11H23NO2. The molecule has 0 spiro atoms. The van der Waals surface area contributed by atoms with Crippen LogP contribution in [0.3, 0.4) is 0 Å². The molecule has 0 bridgehead atoms. The molecule has 14 heavy (non-hydrogen) atoms. The largest absolute Gasteiger partial charge is 0.385 e. The van der Waals surface area contributed by atoms with Gasteiger partial charge >= 0.3 is 0 Å². The summed E-state index contributed by atoms with van der Waals surface area (Å²) >= 11 is 0. The van der Waals surface area contributed by atoms with Crippen molar-refractivity contribution in [2.75, 3.05) is 26.9 Å². The molecule has 84 valence electrons. The van der Waals surface area contributed by atoms with Crippen LogP contribution in [0.25, 0.3) is 0 Å². The molecule has 1 fully saturated rings. The molecule has 2 N–H and O–H groups in total. The van der Waals surface area contributed by atoms with Gasteiger partial charge in [-0.2, -0.15) is 0 Å². The second-order valence-electron chi connectivity index (χ2n) is 4.32. The highest BCUT2D eigenvalue weighted by atomic mass is 16.5. The number of nitrogens with two attached hydrogens (primary N) is 1. The van der Waals surface area contributed by atoms with Gasteiger partial charge in [-0.25, -0.2) is 0 Å². The smallest absolute Gasteiger partial charge is 0.0646 e. The summed E-state index contributed by atoms with van der Waals surface area (Å²) in [5.74, 6) is 0. The second kappa shape index (κ2) is 6.38. The van der Waals surface area contributed by atoms with Crippen molar-refractivity contribution in [3.8, 4) is 0 Å². The molecule has 0 atom stereocenters. The molecule has 0 amide bonds. The lowest BCUT2D eigenvalue weighted by Gasteiger charge is -2.23. The number of hydrogen-bond donors (Lipinski definition) is 1. The van der Waals surface area contributed by atoms with E-state index in [2.05, 4.69) is 0 Å². The quantitative estimate of drug-likeness (QED) is 0.638. The summed E-state index contributed by atoms with van der Waals surface area (Å²) < 4.78 is 10.5. The Kier molecular flexibility index (Phi) is 5.45. The van der Waals surface area contributed by atoms with Crippen molar-refractivity contribution in [3.05, 3.63) is 0 Å². The predicted octanol–water partition coefficient (Wildman–Crippen LogP) is 1.70. The van der Waals surface area contributed by atoms with Gasteiger partial charge in [-0.1, -0.05) is 12.8 Å². The van der Waals surface area contributed by atoms with Crippen LogP contribution < -0.4 is 5.73 Å². The summed E-state index contributed by atoms with van der Waals surface area (Å²) in [6, 6.07) is 0. The minimum atomic E-state index is -0.0126. The van der Waals surface area contributed by atoms with Crippen LogP contribution >= 0.6 is 0 Å². The molecule has 1 rings (SSSR count). The van der Waals surface area contributed by atoms with Crippen molar-refractivity contribution in [1.29, 1.82) is 0 Å². The van der Waals surface area contributed by atoms with Crippen LogP contribution in [-0.4, -0.2) is 32.5 Å². The lowest BCUT2D eigenvalue weighted by atomic mass is 10.0. The minimum Gasteiger partial charge on any atom is -0.385 e. The number of methoxy groups -OCH3 is 1. The maximum atomic E-state index is 6.15. The van der Waals surface area contributed by atoms with Gasteiger partial charge in [0.1, 0.15) is 0 Å². The van der Waals surface area contributed by atoms with E-state index in [0.29, 0.717) is 0 Å². The predicted molar refractivity (Wildman–Crippen MR) is 57.3 cm³/mol. The molecule has 3 nitrogen and oxygen atoms in total. The van der Waals surface area contributed by atoms with Gasteiger partial charge in [0.25, 0.3) is 0 Å². The van der Waals surface area contributed by atoms with Crippen molar-refractivity contribution in [1.82, 2.24) is 0 Å². The van der Waals surface area contributed by atoms with Gasteiger partial charge < -0.3 is 15.2 Å². The van der Waals surface area contributed by atoms with Crippen LogP contribution in [0.1, 0.15) is 38.5 Å². The first-order valence-corrected chi connectivity index (χ1v) is 5.62. The summed E-state index contributed by atoms with van der Waals surface area (Å²) in [5, 5.41) is 0.